The number of amides is 4. The molecule has 0 aliphatic rings. The number of esters is 1. The number of carbonyl (C=O) groups excluding carboxylic acids is 5. The number of nitrogens with two attached hydrogens (primary N) is 2. The molecule has 1 aromatic carbocycles. The number of rotatable bonds is 10. The zero-order valence-electron chi connectivity index (χ0n) is 15.1. The number of ether oxygens (including phenoxy) is 1. The molecule has 152 valence electrons. The lowest BCUT2D eigenvalue weighted by atomic mass is 10.0. The normalized spacial score (nSPS) is 12.3. The number of phenols is 1. The molecule has 28 heavy (non-hydrogen) atoms. The molecule has 0 aromatic heterocycles. The number of nitrogens with one attached hydrogen (secondary N) is 2. The van der Waals surface area contributed by atoms with Gasteiger partial charge in [-0.05, 0) is 17.7 Å². The van der Waals surface area contributed by atoms with Crippen LogP contribution in [0, 0.1) is 0 Å². The van der Waals surface area contributed by atoms with Crippen LogP contribution < -0.4 is 22.1 Å². The van der Waals surface area contributed by atoms with Crippen LogP contribution in [0.4, 0.5) is 0 Å². The van der Waals surface area contributed by atoms with Gasteiger partial charge in [0, 0.05) is 13.3 Å². The monoisotopic (exact) mass is 394 g/mol. The Morgan fingerprint density at radius 3 is 2.14 bits per heavy atom. The first kappa shape index (κ1) is 22.4. The molecule has 0 saturated carbocycles. The predicted molar refractivity (Wildman–Crippen MR) is 95.3 cm³/mol. The Kier molecular flexibility index (Phi) is 8.41. The van der Waals surface area contributed by atoms with Crippen molar-refractivity contribution >= 4 is 29.6 Å². The minimum atomic E-state index is -1.39. The maximum atomic E-state index is 12.4. The largest absolute Gasteiger partial charge is 0.508 e. The molecule has 0 aliphatic carbocycles. The molecule has 0 saturated heterocycles. The van der Waals surface area contributed by atoms with Gasteiger partial charge < -0.3 is 31.9 Å². The molecule has 0 fully saturated rings. The third kappa shape index (κ3) is 8.17. The molecule has 0 unspecified atom stereocenters. The van der Waals surface area contributed by atoms with Crippen LogP contribution in [0.2, 0.25) is 0 Å². The zero-order chi connectivity index (χ0) is 21.3. The van der Waals surface area contributed by atoms with E-state index >= 15 is 0 Å². The van der Waals surface area contributed by atoms with Gasteiger partial charge in [-0.2, -0.15) is 0 Å². The van der Waals surface area contributed by atoms with Crippen LogP contribution in [0.25, 0.3) is 0 Å². The lowest BCUT2D eigenvalue weighted by Crippen LogP contribution is -2.55. The van der Waals surface area contributed by atoms with Crippen LogP contribution in [0.1, 0.15) is 18.9 Å². The van der Waals surface area contributed by atoms with Crippen molar-refractivity contribution in [3.05, 3.63) is 29.8 Å². The fourth-order valence-corrected chi connectivity index (χ4v) is 2.18. The van der Waals surface area contributed by atoms with Crippen molar-refractivity contribution in [2.24, 2.45) is 11.5 Å². The summed E-state index contributed by atoms with van der Waals surface area (Å²) in [5, 5.41) is 13.8. The maximum Gasteiger partial charge on any atom is 0.303 e. The summed E-state index contributed by atoms with van der Waals surface area (Å²) in [5.74, 6) is -4.08. The maximum absolute atomic E-state index is 12.4. The molecule has 11 nitrogen and oxygen atoms in total. The van der Waals surface area contributed by atoms with E-state index in [9.17, 15) is 29.1 Å². The number of hydrogen-bond donors (Lipinski definition) is 5. The van der Waals surface area contributed by atoms with Crippen LogP contribution in [0.15, 0.2) is 24.3 Å². The molecule has 0 spiro atoms. The summed E-state index contributed by atoms with van der Waals surface area (Å²) in [6, 6.07) is 3.36. The summed E-state index contributed by atoms with van der Waals surface area (Å²) >= 11 is 0. The number of aromatic hydroxyl groups is 1. The van der Waals surface area contributed by atoms with Gasteiger partial charge in [-0.25, -0.2) is 0 Å². The number of primary amides is 2. The van der Waals surface area contributed by atoms with Crippen LogP contribution in [0.3, 0.4) is 0 Å². The highest BCUT2D eigenvalue weighted by Gasteiger charge is 2.27. The smallest absolute Gasteiger partial charge is 0.303 e. The van der Waals surface area contributed by atoms with Gasteiger partial charge in [-0.1, -0.05) is 12.1 Å². The van der Waals surface area contributed by atoms with Crippen molar-refractivity contribution < 1.29 is 33.8 Å². The average Bonchev–Trinajstić information content (AvgIpc) is 2.60. The molecule has 0 aliphatic heterocycles. The lowest BCUT2D eigenvalue weighted by Gasteiger charge is -2.21. The van der Waals surface area contributed by atoms with E-state index in [2.05, 4.69) is 15.4 Å². The van der Waals surface area contributed by atoms with E-state index in [-0.39, 0.29) is 12.2 Å². The molecule has 1 aromatic rings. The van der Waals surface area contributed by atoms with Gasteiger partial charge in [-0.15, -0.1) is 0 Å². The van der Waals surface area contributed by atoms with E-state index in [1.54, 1.807) is 12.1 Å². The lowest BCUT2D eigenvalue weighted by molar-refractivity contribution is -0.147. The van der Waals surface area contributed by atoms with Gasteiger partial charge in [0.05, 0.1) is 6.42 Å². The average molecular weight is 394 g/mol. The van der Waals surface area contributed by atoms with Gasteiger partial charge in [0.25, 0.3) is 5.91 Å². The van der Waals surface area contributed by atoms with E-state index in [4.69, 9.17) is 11.5 Å². The third-order valence-electron chi connectivity index (χ3n) is 3.50. The first-order chi connectivity index (χ1) is 13.1. The second-order valence-electron chi connectivity index (χ2n) is 5.90. The highest BCUT2D eigenvalue weighted by atomic mass is 16.5. The van der Waals surface area contributed by atoms with Crippen molar-refractivity contribution in [1.29, 1.82) is 0 Å². The Bertz CT molecular complexity index is 748. The molecule has 0 radical (unpaired) electrons. The Hall–Kier alpha value is -3.63. The fraction of sp³-hybridized carbons (Fsp3) is 0.353. The Labute approximate surface area is 160 Å². The highest BCUT2D eigenvalue weighted by molar-refractivity contribution is 5.94. The minimum absolute atomic E-state index is 0.0199. The highest BCUT2D eigenvalue weighted by Crippen LogP contribution is 2.11. The van der Waals surface area contributed by atoms with Crippen molar-refractivity contribution in [3.8, 4) is 5.75 Å². The summed E-state index contributed by atoms with van der Waals surface area (Å²) in [5.41, 5.74) is 11.0. The zero-order valence-corrected chi connectivity index (χ0v) is 15.1. The fourth-order valence-electron chi connectivity index (χ4n) is 2.18. The number of carbonyl (C=O) groups is 5. The Morgan fingerprint density at radius 1 is 1.04 bits per heavy atom. The predicted octanol–water partition coefficient (Wildman–Crippen LogP) is -2.17. The summed E-state index contributed by atoms with van der Waals surface area (Å²) in [6.45, 7) is 0.451. The summed E-state index contributed by atoms with van der Waals surface area (Å²) in [6.07, 6.45) is -0.519. The standard InChI is InChI=1S/C17H22N4O7/c1-9(22)28-8-15(25)20-13(7-14(18)24)17(27)21-12(16(19)26)6-10-2-4-11(23)5-3-10/h2-5,12-13,23H,6-8H2,1H3,(H2,18,24)(H2,19,26)(H,20,25)(H,21,27)/t12-,13-/m0/s1. The topological polar surface area (TPSA) is 191 Å². The number of hydrogen-bond acceptors (Lipinski definition) is 7. The second-order valence-corrected chi connectivity index (χ2v) is 5.90. The SMILES string of the molecule is CC(=O)OCC(=O)N[C@@H](CC(N)=O)C(=O)N[C@@H](Cc1ccc(O)cc1)C(N)=O. The molecular weight excluding hydrogens is 372 g/mol. The van der Waals surface area contributed by atoms with E-state index < -0.39 is 54.7 Å². The van der Waals surface area contributed by atoms with Crippen molar-refractivity contribution in [2.75, 3.05) is 6.61 Å². The van der Waals surface area contributed by atoms with E-state index in [0.29, 0.717) is 5.56 Å². The molecule has 2 atom stereocenters. The van der Waals surface area contributed by atoms with Gasteiger partial charge in [-0.3, -0.25) is 24.0 Å². The van der Waals surface area contributed by atoms with Gasteiger partial charge in [0.1, 0.15) is 17.8 Å². The van der Waals surface area contributed by atoms with Crippen LogP contribution in [0.5, 0.6) is 5.75 Å². The number of benzene rings is 1. The van der Waals surface area contributed by atoms with Gasteiger partial charge >= 0.3 is 5.97 Å². The summed E-state index contributed by atoms with van der Waals surface area (Å²) in [7, 11) is 0. The van der Waals surface area contributed by atoms with Crippen LogP contribution in [-0.2, 0) is 35.1 Å². The first-order valence-corrected chi connectivity index (χ1v) is 8.17. The van der Waals surface area contributed by atoms with Gasteiger partial charge in [0.2, 0.25) is 17.7 Å². The molecule has 1 rings (SSSR count). The summed E-state index contributed by atoms with van der Waals surface area (Å²) in [4.78, 5) is 57.8. The van der Waals surface area contributed by atoms with Gasteiger partial charge in [0.15, 0.2) is 6.61 Å². The van der Waals surface area contributed by atoms with Crippen LogP contribution in [-0.4, -0.2) is 53.4 Å². The van der Waals surface area contributed by atoms with E-state index in [1.165, 1.54) is 12.1 Å². The second kappa shape index (κ2) is 10.5. The molecule has 0 bridgehead atoms. The molecule has 4 amide bonds. The van der Waals surface area contributed by atoms with Crippen molar-refractivity contribution in [2.45, 2.75) is 31.8 Å². The Morgan fingerprint density at radius 2 is 1.64 bits per heavy atom. The van der Waals surface area contributed by atoms with E-state index in [0.717, 1.165) is 6.92 Å². The molecular formula is C17H22N4O7. The quantitative estimate of drug-likeness (QED) is 0.279. The molecule has 11 heteroatoms. The van der Waals surface area contributed by atoms with Crippen molar-refractivity contribution in [3.63, 3.8) is 0 Å². The molecule has 0 heterocycles. The summed E-state index contributed by atoms with van der Waals surface area (Å²) < 4.78 is 4.50. The minimum Gasteiger partial charge on any atom is -0.508 e. The van der Waals surface area contributed by atoms with Crippen molar-refractivity contribution in [1.82, 2.24) is 10.6 Å². The first-order valence-electron chi connectivity index (χ1n) is 8.17. The molecule has 7 N–H and O–H groups in total. The Balaban J connectivity index is 2.82. The number of phenolic OH excluding ortho intramolecular Hbond substituents is 1. The van der Waals surface area contributed by atoms with E-state index in [1.807, 2.05) is 0 Å². The third-order valence-corrected chi connectivity index (χ3v) is 3.50. The van der Waals surface area contributed by atoms with Crippen LogP contribution >= 0.6 is 0 Å².